The number of hydrogen-bond donors (Lipinski definition) is 0. The molecule has 0 aliphatic carbocycles. The van der Waals surface area contributed by atoms with Gasteiger partial charge in [-0.2, -0.15) is 0 Å². The summed E-state index contributed by atoms with van der Waals surface area (Å²) in [6, 6.07) is 0. The molecule has 0 aromatic rings. The second kappa shape index (κ2) is 12.4. The van der Waals surface area contributed by atoms with Crippen molar-refractivity contribution in [1.82, 2.24) is 0 Å². The van der Waals surface area contributed by atoms with Crippen molar-refractivity contribution in [2.45, 2.75) is 0 Å². The second-order valence-corrected chi connectivity index (χ2v) is 2.45. The predicted molar refractivity (Wildman–Crippen MR) is 21.6 cm³/mol. The molecule has 77 valence electrons. The summed E-state index contributed by atoms with van der Waals surface area (Å²) in [5, 5.41) is 0. The molecule has 13 heteroatoms. The van der Waals surface area contributed by atoms with Crippen molar-refractivity contribution < 1.29 is 128 Å². The first-order valence-electron chi connectivity index (χ1n) is 1.33. The quantitative estimate of drug-likeness (QED) is 0.288. The smallest absolute Gasteiger partial charge is 1.00 e. The molecule has 0 fully saturated rings. The van der Waals surface area contributed by atoms with Crippen LogP contribution in [0, 0.1) is 0 Å². The van der Waals surface area contributed by atoms with E-state index in [-0.39, 0.29) is 92.9 Å². The molecule has 0 aromatic carbocycles. The average molecular weight is 392 g/mol. The van der Waals surface area contributed by atoms with Gasteiger partial charge in [0.2, 0.25) is 0 Å². The van der Waals surface area contributed by atoms with Crippen LogP contribution in [-0.4, -0.2) is 35.0 Å². The van der Waals surface area contributed by atoms with Crippen LogP contribution in [0.5, 0.6) is 0 Å². The van der Waals surface area contributed by atoms with Crippen LogP contribution in [0.2, 0.25) is 0 Å². The largest absolute Gasteiger partial charge is 2.00 e. The Morgan fingerprint density at radius 3 is 0.692 bits per heavy atom. The minimum absolute atomic E-state index is 0. The fourth-order valence-electron chi connectivity index (χ4n) is 0. The fourth-order valence-corrected chi connectivity index (χ4v) is 0. The number of rotatable bonds is 0. The predicted octanol–water partition coefficient (Wildman–Crippen LogP) is -5.79. The van der Waals surface area contributed by atoms with Gasteiger partial charge in [0.05, 0.1) is 0 Å². The van der Waals surface area contributed by atoms with Crippen LogP contribution < -0.4 is 68.9 Å². The fraction of sp³-hybridized carbons (Fsp3) is 0. The summed E-state index contributed by atoms with van der Waals surface area (Å²) < 4.78 is 68.2. The van der Waals surface area contributed by atoms with E-state index in [1.807, 2.05) is 0 Å². The number of hydrogen-bond acceptors (Lipinski definition) is 8. The first kappa shape index (κ1) is 29.5. The topological polar surface area (TPSA) is 189 Å². The molecule has 0 aliphatic rings. The Morgan fingerprint density at radius 2 is 0.692 bits per heavy atom. The molecule has 0 atom stereocenters. The maximum absolute atomic E-state index is 8.52. The van der Waals surface area contributed by atoms with Crippen LogP contribution in [0.1, 0.15) is 0 Å². The van der Waals surface area contributed by atoms with E-state index in [2.05, 4.69) is 0 Å². The summed E-state index contributed by atoms with van der Waals surface area (Å²) in [4.78, 5) is 0. The molecule has 0 rings (SSSR count). The van der Waals surface area contributed by atoms with Crippen molar-refractivity contribution >= 4 is 20.8 Å². The molecular formula is CsO9S2V-5. The maximum atomic E-state index is 8.52. The van der Waals surface area contributed by atoms with E-state index in [1.165, 1.54) is 0 Å². The van der Waals surface area contributed by atoms with Crippen LogP contribution >= 0.6 is 0 Å². The van der Waals surface area contributed by atoms with E-state index in [9.17, 15) is 0 Å². The van der Waals surface area contributed by atoms with Crippen molar-refractivity contribution in [2.75, 3.05) is 0 Å². The first-order chi connectivity index (χ1) is 4.00. The van der Waals surface area contributed by atoms with E-state index >= 15 is 0 Å². The van der Waals surface area contributed by atoms with Gasteiger partial charge in [0.1, 0.15) is 0 Å². The van der Waals surface area contributed by atoms with Gasteiger partial charge in [-0.05, 0) is 0 Å². The third kappa shape index (κ3) is 400. The van der Waals surface area contributed by atoms with Gasteiger partial charge in [-0.3, -0.25) is 16.8 Å². The summed E-state index contributed by atoms with van der Waals surface area (Å²) in [6.07, 6.45) is 0. The summed E-state index contributed by atoms with van der Waals surface area (Å²) >= 11 is 0. The van der Waals surface area contributed by atoms with E-state index < -0.39 is 20.8 Å². The summed E-state index contributed by atoms with van der Waals surface area (Å²) in [6.45, 7) is 0. The van der Waals surface area contributed by atoms with Gasteiger partial charge in [-0.25, -0.2) is 0 Å². The van der Waals surface area contributed by atoms with Crippen molar-refractivity contribution in [3.05, 3.63) is 0 Å². The molecule has 0 spiro atoms. The molecule has 0 saturated carbocycles. The molecule has 9 nitrogen and oxygen atoms in total. The van der Waals surface area contributed by atoms with Crippen molar-refractivity contribution in [3.63, 3.8) is 0 Å². The standard InChI is InChI=1S/Cs.2H2O4S.O.V/c;2*1-5(2,3)4;;/h;2*(H2,1,2,3,4);;/q+1;;;-2;/p-4. The summed E-state index contributed by atoms with van der Waals surface area (Å²) in [5.41, 5.74) is 0. The first-order valence-corrected chi connectivity index (χ1v) is 4.00. The Kier molecular flexibility index (Phi) is 28.2. The van der Waals surface area contributed by atoms with Gasteiger partial charge in [0, 0.05) is 39.4 Å². The summed E-state index contributed by atoms with van der Waals surface area (Å²) in [5.74, 6) is 0. The Morgan fingerprint density at radius 1 is 0.692 bits per heavy atom. The monoisotopic (exact) mass is 392 g/mol. The van der Waals surface area contributed by atoms with Crippen LogP contribution in [0.15, 0.2) is 0 Å². The minimum Gasteiger partial charge on any atom is -2.00 e. The molecule has 0 saturated heterocycles. The van der Waals surface area contributed by atoms with Crippen molar-refractivity contribution in [3.8, 4) is 0 Å². The molecule has 0 unspecified atom stereocenters. The third-order valence-corrected chi connectivity index (χ3v) is 0. The third-order valence-electron chi connectivity index (χ3n) is 0. The average Bonchev–Trinajstić information content (AvgIpc) is 1.12. The Hall–Kier alpha value is 2.34. The van der Waals surface area contributed by atoms with Crippen molar-refractivity contribution in [2.24, 2.45) is 0 Å². The molecule has 0 bridgehead atoms. The van der Waals surface area contributed by atoms with Crippen LogP contribution in [0.25, 0.3) is 0 Å². The van der Waals surface area contributed by atoms with E-state index in [0.29, 0.717) is 0 Å². The zero-order valence-corrected chi connectivity index (χ0v) is 15.2. The zero-order chi connectivity index (χ0) is 9.00. The summed E-state index contributed by atoms with van der Waals surface area (Å²) in [7, 11) is -10.3. The minimum atomic E-state index is -5.17. The van der Waals surface area contributed by atoms with Gasteiger partial charge in [-0.1, -0.05) is 0 Å². The van der Waals surface area contributed by atoms with E-state index in [0.717, 1.165) is 0 Å². The van der Waals surface area contributed by atoms with Crippen LogP contribution in [-0.2, 0) is 44.8 Å². The molecule has 0 N–H and O–H groups in total. The van der Waals surface area contributed by atoms with Gasteiger partial charge < -0.3 is 23.7 Å². The SMILES string of the molecule is O=S(=O)([O-])[O-].O=S(=O)([O-])[O-].[Cs+].[O-2].[V]. The van der Waals surface area contributed by atoms with E-state index in [4.69, 9.17) is 35.0 Å². The molecule has 13 heavy (non-hydrogen) atoms. The maximum Gasteiger partial charge on any atom is 1.00 e. The Balaban J connectivity index is -0.0000000267. The van der Waals surface area contributed by atoms with Gasteiger partial charge in [-0.15, -0.1) is 0 Å². The molecule has 0 heterocycles. The second-order valence-electron chi connectivity index (χ2n) is 0.816. The van der Waals surface area contributed by atoms with Gasteiger partial charge in [0.25, 0.3) is 0 Å². The normalized spacial score (nSPS) is 8.92. The molecule has 0 amide bonds. The van der Waals surface area contributed by atoms with E-state index in [1.54, 1.807) is 0 Å². The van der Waals surface area contributed by atoms with Crippen LogP contribution in [0.3, 0.4) is 0 Å². The van der Waals surface area contributed by atoms with Gasteiger partial charge in [0.15, 0.2) is 0 Å². The van der Waals surface area contributed by atoms with Crippen molar-refractivity contribution in [1.29, 1.82) is 0 Å². The van der Waals surface area contributed by atoms with Gasteiger partial charge >= 0.3 is 68.9 Å². The molecule has 1 radical (unpaired) electrons. The molecular weight excluding hydrogens is 392 g/mol. The van der Waals surface area contributed by atoms with Crippen LogP contribution in [0.4, 0.5) is 0 Å². The Labute approximate surface area is 145 Å². The molecule has 0 aliphatic heterocycles. The zero-order valence-electron chi connectivity index (χ0n) is 5.94. The Bertz CT molecular complexity index is 214. The molecule has 0 aromatic heterocycles.